The molecule has 0 heterocycles. The number of phenols is 2. The fourth-order valence-corrected chi connectivity index (χ4v) is 2.47. The molecular formula is C17H27ClO3. The monoisotopic (exact) mass is 314 g/mol. The maximum atomic E-state index is 9.94. The average molecular weight is 315 g/mol. The van der Waals surface area contributed by atoms with Crippen molar-refractivity contribution in [1.82, 2.24) is 0 Å². The summed E-state index contributed by atoms with van der Waals surface area (Å²) in [5.41, 5.74) is 1.30. The molecule has 21 heavy (non-hydrogen) atoms. The Morgan fingerprint density at radius 3 is 2.14 bits per heavy atom. The predicted octanol–water partition coefficient (Wildman–Crippen LogP) is 5.17. The molecule has 0 aliphatic heterocycles. The number of benzene rings is 1. The van der Waals surface area contributed by atoms with E-state index in [1.54, 1.807) is 13.0 Å². The molecule has 0 saturated heterocycles. The minimum absolute atomic E-state index is 0.0464. The van der Waals surface area contributed by atoms with Gasteiger partial charge < -0.3 is 15.0 Å². The van der Waals surface area contributed by atoms with Crippen molar-refractivity contribution in [3.63, 3.8) is 0 Å². The topological polar surface area (TPSA) is 57.5 Å². The van der Waals surface area contributed by atoms with Gasteiger partial charge in [-0.25, -0.2) is 0 Å². The fraction of sp³-hybridized carbons (Fsp3) is 0.588. The Bertz CT molecular complexity index is 419. The number of halogens is 1. The Kier molecular flexibility index (Phi) is 10.8. The summed E-state index contributed by atoms with van der Waals surface area (Å²) in [7, 11) is 0. The largest absolute Gasteiger partial charge is 0.508 e. The van der Waals surface area contributed by atoms with Crippen molar-refractivity contribution in [3.05, 3.63) is 22.2 Å². The number of rotatable bonds is 8. The van der Waals surface area contributed by atoms with E-state index < -0.39 is 0 Å². The van der Waals surface area contributed by atoms with E-state index in [1.165, 1.54) is 32.1 Å². The Hall–Kier alpha value is -1.22. The lowest BCUT2D eigenvalue weighted by atomic mass is 10.0. The number of unbranched alkanes of at least 4 members (excludes halogenated alkanes) is 6. The third-order valence-electron chi connectivity index (χ3n) is 3.53. The van der Waals surface area contributed by atoms with E-state index in [1.807, 2.05) is 6.79 Å². The molecule has 0 spiro atoms. The van der Waals surface area contributed by atoms with Crippen LogP contribution in [-0.2, 0) is 11.2 Å². The van der Waals surface area contributed by atoms with E-state index in [2.05, 4.69) is 6.92 Å². The molecule has 0 saturated carbocycles. The van der Waals surface area contributed by atoms with Crippen LogP contribution < -0.4 is 0 Å². The molecule has 0 radical (unpaired) electrons. The molecule has 0 aromatic heterocycles. The number of hydrogen-bond donors (Lipinski definition) is 2. The third kappa shape index (κ3) is 6.85. The number of aromatic hydroxyl groups is 2. The van der Waals surface area contributed by atoms with Crippen LogP contribution in [0.1, 0.15) is 63.0 Å². The van der Waals surface area contributed by atoms with E-state index in [0.717, 1.165) is 12.8 Å². The van der Waals surface area contributed by atoms with Crippen molar-refractivity contribution in [1.29, 1.82) is 0 Å². The Morgan fingerprint density at radius 1 is 1.05 bits per heavy atom. The van der Waals surface area contributed by atoms with Crippen LogP contribution in [-0.4, -0.2) is 17.0 Å². The highest BCUT2D eigenvalue weighted by molar-refractivity contribution is 6.33. The van der Waals surface area contributed by atoms with E-state index in [4.69, 9.17) is 16.4 Å². The zero-order valence-corrected chi connectivity index (χ0v) is 13.9. The van der Waals surface area contributed by atoms with E-state index in [0.29, 0.717) is 22.6 Å². The normalized spacial score (nSPS) is 10.0. The van der Waals surface area contributed by atoms with Gasteiger partial charge >= 0.3 is 0 Å². The quantitative estimate of drug-likeness (QED) is 0.651. The molecular weight excluding hydrogens is 288 g/mol. The van der Waals surface area contributed by atoms with Gasteiger partial charge in [0.1, 0.15) is 18.3 Å². The highest BCUT2D eigenvalue weighted by Crippen LogP contribution is 2.37. The van der Waals surface area contributed by atoms with Crippen LogP contribution in [0.15, 0.2) is 6.07 Å². The Balaban J connectivity index is 0.00000191. The van der Waals surface area contributed by atoms with Crippen molar-refractivity contribution in [3.8, 4) is 11.5 Å². The van der Waals surface area contributed by atoms with E-state index in [-0.39, 0.29) is 11.5 Å². The van der Waals surface area contributed by atoms with Gasteiger partial charge in [-0.2, -0.15) is 0 Å². The van der Waals surface area contributed by atoms with Gasteiger partial charge in [-0.3, -0.25) is 0 Å². The van der Waals surface area contributed by atoms with E-state index >= 15 is 0 Å². The van der Waals surface area contributed by atoms with Crippen molar-refractivity contribution < 1.29 is 15.0 Å². The van der Waals surface area contributed by atoms with Crippen molar-refractivity contribution in [2.45, 2.75) is 65.2 Å². The van der Waals surface area contributed by atoms with Crippen molar-refractivity contribution in [2.24, 2.45) is 0 Å². The summed E-state index contributed by atoms with van der Waals surface area (Å²) in [6, 6.07) is 1.62. The second kappa shape index (κ2) is 11.4. The number of hydrogen-bond acceptors (Lipinski definition) is 3. The molecule has 0 fully saturated rings. The summed E-state index contributed by atoms with van der Waals surface area (Å²) in [6.45, 7) is 5.99. The molecule has 2 N–H and O–H groups in total. The summed E-state index contributed by atoms with van der Waals surface area (Å²) in [4.78, 5) is 8.00. The van der Waals surface area contributed by atoms with Gasteiger partial charge in [0.15, 0.2) is 0 Å². The van der Waals surface area contributed by atoms with Crippen LogP contribution in [0.2, 0.25) is 5.02 Å². The summed E-state index contributed by atoms with van der Waals surface area (Å²) in [5.74, 6) is 0.204. The minimum Gasteiger partial charge on any atom is -0.508 e. The van der Waals surface area contributed by atoms with Gasteiger partial charge in [-0.15, -0.1) is 0 Å². The fourth-order valence-electron chi connectivity index (χ4n) is 2.30. The van der Waals surface area contributed by atoms with Gasteiger partial charge in [0.2, 0.25) is 0 Å². The Morgan fingerprint density at radius 2 is 1.57 bits per heavy atom. The molecule has 1 aromatic rings. The first-order chi connectivity index (χ1) is 10.1. The first-order valence-corrected chi connectivity index (χ1v) is 7.94. The SMILES string of the molecule is C=O.CCCCCCCCCc1c(O)cc(C)c(Cl)c1O. The molecule has 120 valence electrons. The summed E-state index contributed by atoms with van der Waals surface area (Å²) in [6.07, 6.45) is 9.19. The van der Waals surface area contributed by atoms with Gasteiger partial charge in [0.25, 0.3) is 0 Å². The van der Waals surface area contributed by atoms with Gasteiger partial charge in [-0.1, -0.05) is 57.0 Å². The molecule has 0 aliphatic carbocycles. The van der Waals surface area contributed by atoms with Crippen LogP contribution in [0, 0.1) is 6.92 Å². The number of carbonyl (C=O) groups is 1. The molecule has 4 heteroatoms. The average Bonchev–Trinajstić information content (AvgIpc) is 2.49. The first-order valence-electron chi connectivity index (χ1n) is 7.56. The number of phenolic OH excluding ortho intramolecular Hbond substituents is 2. The second-order valence-electron chi connectivity index (χ2n) is 5.23. The molecule has 0 atom stereocenters. The zero-order chi connectivity index (χ0) is 16.3. The molecule has 1 aromatic carbocycles. The molecule has 0 amide bonds. The minimum atomic E-state index is 0.0464. The van der Waals surface area contributed by atoms with Crippen LogP contribution in [0.25, 0.3) is 0 Å². The summed E-state index contributed by atoms with van der Waals surface area (Å²) < 4.78 is 0. The zero-order valence-electron chi connectivity index (χ0n) is 13.1. The number of carbonyl (C=O) groups excluding carboxylic acids is 1. The van der Waals surface area contributed by atoms with Gasteiger partial charge in [0.05, 0.1) is 5.02 Å². The van der Waals surface area contributed by atoms with Gasteiger partial charge in [0, 0.05) is 5.56 Å². The second-order valence-corrected chi connectivity index (χ2v) is 5.60. The molecule has 0 bridgehead atoms. The van der Waals surface area contributed by atoms with Crippen LogP contribution in [0.4, 0.5) is 0 Å². The maximum absolute atomic E-state index is 9.94. The first kappa shape index (κ1) is 19.8. The number of aryl methyl sites for hydroxylation is 1. The smallest absolute Gasteiger partial charge is 0.141 e. The third-order valence-corrected chi connectivity index (χ3v) is 4.01. The molecule has 1 rings (SSSR count). The summed E-state index contributed by atoms with van der Waals surface area (Å²) >= 11 is 5.99. The van der Waals surface area contributed by atoms with Crippen LogP contribution in [0.3, 0.4) is 0 Å². The van der Waals surface area contributed by atoms with Crippen LogP contribution in [0.5, 0.6) is 11.5 Å². The molecule has 0 unspecified atom stereocenters. The molecule has 3 nitrogen and oxygen atoms in total. The molecule has 0 aliphatic rings. The summed E-state index contributed by atoms with van der Waals surface area (Å²) in [5, 5.41) is 20.1. The lowest BCUT2D eigenvalue weighted by molar-refractivity contribution is -0.0979. The van der Waals surface area contributed by atoms with E-state index in [9.17, 15) is 10.2 Å². The van der Waals surface area contributed by atoms with Crippen molar-refractivity contribution in [2.75, 3.05) is 0 Å². The van der Waals surface area contributed by atoms with Crippen LogP contribution >= 0.6 is 11.6 Å². The highest BCUT2D eigenvalue weighted by atomic mass is 35.5. The highest BCUT2D eigenvalue weighted by Gasteiger charge is 2.13. The lowest BCUT2D eigenvalue weighted by Crippen LogP contribution is -1.91. The standard InChI is InChI=1S/C16H25ClO2.CH2O/c1-3-4-5-6-7-8-9-10-13-14(18)11-12(2)15(17)16(13)19;1-2/h11,18-19H,3-10H2,1-2H3;1H2. The maximum Gasteiger partial charge on any atom is 0.141 e. The van der Waals surface area contributed by atoms with Crippen molar-refractivity contribution >= 4 is 18.4 Å². The van der Waals surface area contributed by atoms with Gasteiger partial charge in [-0.05, 0) is 31.4 Å². The predicted molar refractivity (Wildman–Crippen MR) is 88.3 cm³/mol. The Labute approximate surface area is 133 Å². The lowest BCUT2D eigenvalue weighted by Gasteiger charge is -2.11.